The Balaban J connectivity index is 1.29. The predicted octanol–water partition coefficient (Wildman–Crippen LogP) is 4.21. The molecule has 2 aromatic rings. The van der Waals surface area contributed by atoms with E-state index in [0.29, 0.717) is 12.6 Å². The molecule has 0 N–H and O–H groups in total. The number of nitrogens with zero attached hydrogens (tertiary/aromatic N) is 3. The Labute approximate surface area is 185 Å². The number of benzene rings is 2. The van der Waals surface area contributed by atoms with Gasteiger partial charge in [0.15, 0.2) is 0 Å². The third-order valence-electron chi connectivity index (χ3n) is 7.15. The molecule has 31 heavy (non-hydrogen) atoms. The van der Waals surface area contributed by atoms with Crippen LogP contribution in [0.25, 0.3) is 0 Å². The first-order valence-corrected chi connectivity index (χ1v) is 11.8. The van der Waals surface area contributed by atoms with Gasteiger partial charge in [0, 0.05) is 49.2 Å². The van der Waals surface area contributed by atoms with Crippen molar-refractivity contribution >= 4 is 17.3 Å². The Bertz CT molecular complexity index is 942. The zero-order valence-electron chi connectivity index (χ0n) is 18.7. The minimum absolute atomic E-state index is 0.0905. The molecule has 0 aromatic heterocycles. The second-order valence-electron chi connectivity index (χ2n) is 9.27. The molecule has 5 nitrogen and oxygen atoms in total. The number of unbranched alkanes of at least 4 members (excludes halogenated alkanes) is 1. The largest absolute Gasteiger partial charge is 0.494 e. The summed E-state index contributed by atoms with van der Waals surface area (Å²) in [4.78, 5) is 20.1. The van der Waals surface area contributed by atoms with E-state index in [-0.39, 0.29) is 5.91 Å². The molecule has 5 heteroatoms. The van der Waals surface area contributed by atoms with Gasteiger partial charge in [0.05, 0.1) is 6.61 Å². The first kappa shape index (κ1) is 20.4. The quantitative estimate of drug-likeness (QED) is 0.657. The third-order valence-corrected chi connectivity index (χ3v) is 7.15. The molecule has 0 bridgehead atoms. The smallest absolute Gasteiger partial charge is 0.258 e. The fourth-order valence-electron chi connectivity index (χ4n) is 5.45. The van der Waals surface area contributed by atoms with Crippen molar-refractivity contribution in [2.75, 3.05) is 49.6 Å². The van der Waals surface area contributed by atoms with Crippen LogP contribution in [0.4, 0.5) is 11.4 Å². The monoisotopic (exact) mass is 419 g/mol. The van der Waals surface area contributed by atoms with Gasteiger partial charge >= 0.3 is 0 Å². The van der Waals surface area contributed by atoms with Gasteiger partial charge in [-0.1, -0.05) is 13.3 Å². The summed E-state index contributed by atoms with van der Waals surface area (Å²) < 4.78 is 5.83. The molecule has 2 saturated heterocycles. The molecule has 1 amide bonds. The van der Waals surface area contributed by atoms with E-state index in [4.69, 9.17) is 4.74 Å². The van der Waals surface area contributed by atoms with E-state index in [1.54, 1.807) is 0 Å². The number of likely N-dealkylation sites (N-methyl/N-ethyl adjacent to an activating group) is 1. The normalized spacial score (nSPS) is 23.2. The van der Waals surface area contributed by atoms with E-state index in [0.717, 1.165) is 67.4 Å². The van der Waals surface area contributed by atoms with Gasteiger partial charge < -0.3 is 19.4 Å². The zero-order valence-corrected chi connectivity index (χ0v) is 18.7. The zero-order chi connectivity index (χ0) is 21.4. The van der Waals surface area contributed by atoms with E-state index in [1.165, 1.54) is 18.7 Å². The van der Waals surface area contributed by atoms with Crippen LogP contribution in [0.15, 0.2) is 42.5 Å². The fourth-order valence-corrected chi connectivity index (χ4v) is 5.45. The highest BCUT2D eigenvalue weighted by Gasteiger charge is 2.40. The molecule has 164 valence electrons. The Hall–Kier alpha value is -2.53. The van der Waals surface area contributed by atoms with Crippen LogP contribution < -0.4 is 14.5 Å². The fraction of sp³-hybridized carbons (Fsp3) is 0.500. The summed E-state index contributed by atoms with van der Waals surface area (Å²) in [5.74, 6) is 1.76. The minimum atomic E-state index is 0.0905. The van der Waals surface area contributed by atoms with Gasteiger partial charge in [0.2, 0.25) is 0 Å². The van der Waals surface area contributed by atoms with Gasteiger partial charge in [-0.3, -0.25) is 4.79 Å². The number of carbonyl (C=O) groups excluding carboxylic acids is 1. The number of ether oxygens (including phenoxy) is 1. The maximum absolute atomic E-state index is 13.2. The highest BCUT2D eigenvalue weighted by molar-refractivity contribution is 6.08. The van der Waals surface area contributed by atoms with Crippen molar-refractivity contribution in [1.82, 2.24) is 4.90 Å². The SMILES string of the molecule is CCCCOc1ccc2c(c1)CCN(c1ccc(N3CCC4CN(C)CC43)cc1)C2=O. The summed E-state index contributed by atoms with van der Waals surface area (Å²) in [5.41, 5.74) is 4.17. The van der Waals surface area contributed by atoms with Gasteiger partial charge in [-0.25, -0.2) is 0 Å². The Morgan fingerprint density at radius 3 is 2.65 bits per heavy atom. The maximum atomic E-state index is 13.2. The van der Waals surface area contributed by atoms with Crippen molar-refractivity contribution in [2.24, 2.45) is 5.92 Å². The number of amides is 1. The first-order chi connectivity index (χ1) is 15.1. The molecule has 0 saturated carbocycles. The molecule has 5 rings (SSSR count). The van der Waals surface area contributed by atoms with Crippen LogP contribution in [0.3, 0.4) is 0 Å². The van der Waals surface area contributed by atoms with Gasteiger partial charge in [-0.2, -0.15) is 0 Å². The highest BCUT2D eigenvalue weighted by Crippen LogP contribution is 2.35. The summed E-state index contributed by atoms with van der Waals surface area (Å²) >= 11 is 0. The number of carbonyl (C=O) groups is 1. The number of anilines is 2. The van der Waals surface area contributed by atoms with Gasteiger partial charge in [-0.05, 0) is 80.3 Å². The summed E-state index contributed by atoms with van der Waals surface area (Å²) in [6, 6.07) is 15.2. The van der Waals surface area contributed by atoms with Crippen LogP contribution in [-0.4, -0.2) is 56.7 Å². The van der Waals surface area contributed by atoms with Crippen LogP contribution in [0, 0.1) is 5.92 Å². The van der Waals surface area contributed by atoms with Crippen molar-refractivity contribution in [3.8, 4) is 5.75 Å². The van der Waals surface area contributed by atoms with Crippen LogP contribution in [0.2, 0.25) is 0 Å². The van der Waals surface area contributed by atoms with Gasteiger partial charge in [0.1, 0.15) is 5.75 Å². The number of hydrogen-bond acceptors (Lipinski definition) is 4. The topological polar surface area (TPSA) is 36.0 Å². The average Bonchev–Trinajstić information content (AvgIpc) is 3.33. The number of rotatable bonds is 6. The lowest BCUT2D eigenvalue weighted by Gasteiger charge is -2.30. The van der Waals surface area contributed by atoms with Gasteiger partial charge in [0.25, 0.3) is 5.91 Å². The summed E-state index contributed by atoms with van der Waals surface area (Å²) in [5, 5.41) is 0. The Kier molecular flexibility index (Phi) is 5.61. The molecule has 2 fully saturated rings. The molecule has 2 unspecified atom stereocenters. The first-order valence-electron chi connectivity index (χ1n) is 11.8. The van der Waals surface area contributed by atoms with Crippen molar-refractivity contribution in [3.05, 3.63) is 53.6 Å². The Morgan fingerprint density at radius 2 is 1.84 bits per heavy atom. The van der Waals surface area contributed by atoms with E-state index in [9.17, 15) is 4.79 Å². The molecule has 3 aliphatic rings. The number of hydrogen-bond donors (Lipinski definition) is 0. The highest BCUT2D eigenvalue weighted by atomic mass is 16.5. The molecule has 0 radical (unpaired) electrons. The average molecular weight is 420 g/mol. The molecule has 3 aliphatic heterocycles. The standard InChI is InChI=1S/C26H33N3O2/c1-3-4-15-31-23-9-10-24-19(16-23)11-14-29(26(24)30)22-7-5-21(6-8-22)28-13-12-20-17-27(2)18-25(20)28/h5-10,16,20,25H,3-4,11-15,17-18H2,1-2H3. The molecule has 2 atom stereocenters. The minimum Gasteiger partial charge on any atom is -0.494 e. The number of likely N-dealkylation sites (tertiary alicyclic amines) is 1. The van der Waals surface area contributed by atoms with Crippen LogP contribution >= 0.6 is 0 Å². The van der Waals surface area contributed by atoms with Crippen molar-refractivity contribution in [3.63, 3.8) is 0 Å². The van der Waals surface area contributed by atoms with E-state index in [2.05, 4.69) is 48.0 Å². The van der Waals surface area contributed by atoms with Crippen molar-refractivity contribution in [2.45, 2.75) is 38.6 Å². The second kappa shape index (κ2) is 8.54. The van der Waals surface area contributed by atoms with E-state index < -0.39 is 0 Å². The molecule has 2 aromatic carbocycles. The maximum Gasteiger partial charge on any atom is 0.258 e. The summed E-state index contributed by atoms with van der Waals surface area (Å²) in [6.07, 6.45) is 4.31. The predicted molar refractivity (Wildman–Crippen MR) is 125 cm³/mol. The number of fused-ring (bicyclic) bond motifs is 2. The second-order valence-corrected chi connectivity index (χ2v) is 9.27. The molecule has 0 aliphatic carbocycles. The van der Waals surface area contributed by atoms with E-state index in [1.807, 2.05) is 23.1 Å². The molecule has 0 spiro atoms. The molecular weight excluding hydrogens is 386 g/mol. The van der Waals surface area contributed by atoms with Crippen molar-refractivity contribution < 1.29 is 9.53 Å². The summed E-state index contributed by atoms with van der Waals surface area (Å²) in [6.45, 7) is 7.11. The van der Waals surface area contributed by atoms with Crippen LogP contribution in [0.1, 0.15) is 42.1 Å². The Morgan fingerprint density at radius 1 is 1.03 bits per heavy atom. The molecule has 3 heterocycles. The van der Waals surface area contributed by atoms with Gasteiger partial charge in [-0.15, -0.1) is 0 Å². The van der Waals surface area contributed by atoms with Crippen LogP contribution in [0.5, 0.6) is 5.75 Å². The summed E-state index contributed by atoms with van der Waals surface area (Å²) in [7, 11) is 2.22. The lowest BCUT2D eigenvalue weighted by atomic mass is 9.98. The molecular formula is C26H33N3O2. The van der Waals surface area contributed by atoms with Crippen molar-refractivity contribution in [1.29, 1.82) is 0 Å². The lowest BCUT2D eigenvalue weighted by molar-refractivity contribution is 0.0980. The third kappa shape index (κ3) is 3.91. The lowest BCUT2D eigenvalue weighted by Crippen LogP contribution is -2.37. The van der Waals surface area contributed by atoms with Crippen LogP contribution in [-0.2, 0) is 6.42 Å². The van der Waals surface area contributed by atoms with E-state index >= 15 is 0 Å².